The SMILES string of the molecule is CSc1ccccc1NC(=O)CN(C)C(=O)C(C)C. The molecule has 0 bridgehead atoms. The van der Waals surface area contributed by atoms with Crippen molar-refractivity contribution >= 4 is 29.3 Å². The van der Waals surface area contributed by atoms with Crippen molar-refractivity contribution < 1.29 is 9.59 Å². The molecule has 1 N–H and O–H groups in total. The Kier molecular flexibility index (Phi) is 5.89. The van der Waals surface area contributed by atoms with Gasteiger partial charge in [0.25, 0.3) is 0 Å². The van der Waals surface area contributed by atoms with Gasteiger partial charge in [0.1, 0.15) is 0 Å². The number of carbonyl (C=O) groups excluding carboxylic acids is 2. The minimum Gasteiger partial charge on any atom is -0.336 e. The van der Waals surface area contributed by atoms with E-state index in [1.165, 1.54) is 4.90 Å². The lowest BCUT2D eigenvalue weighted by Gasteiger charge is -2.19. The monoisotopic (exact) mass is 280 g/mol. The first-order valence-corrected chi connectivity index (χ1v) is 7.36. The molecule has 0 aliphatic carbocycles. The first kappa shape index (κ1) is 15.6. The number of hydrogen-bond donors (Lipinski definition) is 1. The molecule has 0 heterocycles. The van der Waals surface area contributed by atoms with Crippen molar-refractivity contribution in [3.63, 3.8) is 0 Å². The third-order valence-electron chi connectivity index (χ3n) is 2.63. The van der Waals surface area contributed by atoms with Crippen molar-refractivity contribution in [2.45, 2.75) is 18.7 Å². The van der Waals surface area contributed by atoms with E-state index < -0.39 is 0 Å². The number of rotatable bonds is 5. The highest BCUT2D eigenvalue weighted by Gasteiger charge is 2.16. The summed E-state index contributed by atoms with van der Waals surface area (Å²) in [6, 6.07) is 7.60. The lowest BCUT2D eigenvalue weighted by molar-refractivity contribution is -0.136. The minimum atomic E-state index is -0.182. The van der Waals surface area contributed by atoms with Gasteiger partial charge in [0.2, 0.25) is 11.8 Å². The molecule has 1 aromatic carbocycles. The van der Waals surface area contributed by atoms with Crippen LogP contribution in [0.1, 0.15) is 13.8 Å². The Labute approximate surface area is 118 Å². The van der Waals surface area contributed by atoms with Gasteiger partial charge in [-0.2, -0.15) is 0 Å². The standard InChI is InChI=1S/C14H20N2O2S/c1-10(2)14(18)16(3)9-13(17)15-11-7-5-6-8-12(11)19-4/h5-8,10H,9H2,1-4H3,(H,15,17). The molecule has 0 fully saturated rings. The molecule has 5 heteroatoms. The van der Waals surface area contributed by atoms with Crippen LogP contribution < -0.4 is 5.32 Å². The van der Waals surface area contributed by atoms with Gasteiger partial charge in [-0.1, -0.05) is 26.0 Å². The van der Waals surface area contributed by atoms with E-state index in [0.29, 0.717) is 0 Å². The quantitative estimate of drug-likeness (QED) is 0.843. The van der Waals surface area contributed by atoms with Gasteiger partial charge in [-0.15, -0.1) is 11.8 Å². The number of amides is 2. The normalized spacial score (nSPS) is 10.4. The summed E-state index contributed by atoms with van der Waals surface area (Å²) in [6.45, 7) is 3.71. The molecule has 0 aromatic heterocycles. The number of hydrogen-bond acceptors (Lipinski definition) is 3. The number of anilines is 1. The summed E-state index contributed by atoms with van der Waals surface area (Å²) >= 11 is 1.57. The molecule has 104 valence electrons. The predicted molar refractivity (Wildman–Crippen MR) is 79.3 cm³/mol. The Morgan fingerprint density at radius 1 is 1.32 bits per heavy atom. The zero-order valence-corrected chi connectivity index (χ0v) is 12.6. The first-order valence-electron chi connectivity index (χ1n) is 6.13. The zero-order chi connectivity index (χ0) is 14.4. The fourth-order valence-corrected chi connectivity index (χ4v) is 2.23. The highest BCUT2D eigenvalue weighted by Crippen LogP contribution is 2.24. The maximum Gasteiger partial charge on any atom is 0.244 e. The number of thioether (sulfide) groups is 1. The maximum atomic E-state index is 11.9. The number of nitrogens with one attached hydrogen (secondary N) is 1. The van der Waals surface area contributed by atoms with Gasteiger partial charge < -0.3 is 10.2 Å². The van der Waals surface area contributed by atoms with E-state index in [1.54, 1.807) is 18.8 Å². The average Bonchev–Trinajstić information content (AvgIpc) is 2.38. The average molecular weight is 280 g/mol. The fraction of sp³-hybridized carbons (Fsp3) is 0.429. The van der Waals surface area contributed by atoms with Crippen LogP contribution in [0.3, 0.4) is 0 Å². The molecule has 0 aliphatic rings. The summed E-state index contributed by atoms with van der Waals surface area (Å²) in [5.41, 5.74) is 0.783. The van der Waals surface area contributed by atoms with Crippen LogP contribution in [0.25, 0.3) is 0 Å². The maximum absolute atomic E-state index is 11.9. The topological polar surface area (TPSA) is 49.4 Å². The Morgan fingerprint density at radius 2 is 1.95 bits per heavy atom. The summed E-state index contributed by atoms with van der Waals surface area (Å²) in [5.74, 6) is -0.317. The molecule has 2 amide bonds. The van der Waals surface area contributed by atoms with E-state index in [9.17, 15) is 9.59 Å². The Balaban J connectivity index is 2.63. The molecule has 0 radical (unpaired) electrons. The first-order chi connectivity index (χ1) is 8.95. The van der Waals surface area contributed by atoms with Crippen LogP contribution in [0.2, 0.25) is 0 Å². The molecule has 0 aliphatic heterocycles. The molecule has 0 atom stereocenters. The Bertz CT molecular complexity index is 461. The number of likely N-dealkylation sites (N-methyl/N-ethyl adjacent to an activating group) is 1. The van der Waals surface area contributed by atoms with Crippen molar-refractivity contribution in [3.05, 3.63) is 24.3 Å². The molecule has 1 aromatic rings. The Morgan fingerprint density at radius 3 is 2.53 bits per heavy atom. The van der Waals surface area contributed by atoms with Gasteiger partial charge in [0.05, 0.1) is 12.2 Å². The van der Waals surface area contributed by atoms with E-state index in [2.05, 4.69) is 5.32 Å². The van der Waals surface area contributed by atoms with Crippen molar-refractivity contribution in [1.82, 2.24) is 4.90 Å². The minimum absolute atomic E-state index is 0.0340. The van der Waals surface area contributed by atoms with Crippen molar-refractivity contribution in [2.24, 2.45) is 5.92 Å². The van der Waals surface area contributed by atoms with Crippen molar-refractivity contribution in [3.8, 4) is 0 Å². The summed E-state index contributed by atoms with van der Waals surface area (Å²) in [6.07, 6.45) is 1.96. The third kappa shape index (κ3) is 4.59. The van der Waals surface area contributed by atoms with Crippen LogP contribution in [0, 0.1) is 5.92 Å². The van der Waals surface area contributed by atoms with Crippen LogP contribution in [0.5, 0.6) is 0 Å². The van der Waals surface area contributed by atoms with Crippen LogP contribution in [-0.2, 0) is 9.59 Å². The number of benzene rings is 1. The van der Waals surface area contributed by atoms with Gasteiger partial charge in [0, 0.05) is 17.9 Å². The molecule has 4 nitrogen and oxygen atoms in total. The molecular weight excluding hydrogens is 260 g/mol. The molecule has 0 saturated heterocycles. The zero-order valence-electron chi connectivity index (χ0n) is 11.8. The van der Waals surface area contributed by atoms with Gasteiger partial charge in [-0.3, -0.25) is 9.59 Å². The largest absolute Gasteiger partial charge is 0.336 e. The summed E-state index contributed by atoms with van der Waals surface area (Å²) < 4.78 is 0. The molecule has 0 saturated carbocycles. The fourth-order valence-electron chi connectivity index (χ4n) is 1.67. The Hall–Kier alpha value is -1.49. The summed E-state index contributed by atoms with van der Waals surface area (Å²) in [5, 5.41) is 2.83. The van der Waals surface area contributed by atoms with Gasteiger partial charge in [-0.25, -0.2) is 0 Å². The predicted octanol–water partition coefficient (Wildman–Crippen LogP) is 2.46. The van der Waals surface area contributed by atoms with Crippen LogP contribution in [-0.4, -0.2) is 36.6 Å². The van der Waals surface area contributed by atoms with E-state index in [1.807, 2.05) is 44.4 Å². The van der Waals surface area contributed by atoms with Crippen LogP contribution >= 0.6 is 11.8 Å². The highest BCUT2D eigenvalue weighted by molar-refractivity contribution is 7.98. The van der Waals surface area contributed by atoms with Crippen LogP contribution in [0.15, 0.2) is 29.2 Å². The highest BCUT2D eigenvalue weighted by atomic mass is 32.2. The van der Waals surface area contributed by atoms with Gasteiger partial charge in [0.15, 0.2) is 0 Å². The number of nitrogens with zero attached hydrogens (tertiary/aromatic N) is 1. The second-order valence-electron chi connectivity index (χ2n) is 4.60. The smallest absolute Gasteiger partial charge is 0.244 e. The number of para-hydroxylation sites is 1. The van der Waals surface area contributed by atoms with E-state index in [4.69, 9.17) is 0 Å². The summed E-state index contributed by atoms with van der Waals surface area (Å²) in [7, 11) is 1.64. The lowest BCUT2D eigenvalue weighted by Crippen LogP contribution is -2.37. The van der Waals surface area contributed by atoms with E-state index >= 15 is 0 Å². The molecule has 1 rings (SSSR count). The van der Waals surface area contributed by atoms with E-state index in [-0.39, 0.29) is 24.3 Å². The molecule has 0 spiro atoms. The molecular formula is C14H20N2O2S. The van der Waals surface area contributed by atoms with Crippen molar-refractivity contribution in [1.29, 1.82) is 0 Å². The molecule has 0 unspecified atom stereocenters. The number of carbonyl (C=O) groups is 2. The van der Waals surface area contributed by atoms with E-state index in [0.717, 1.165) is 10.6 Å². The summed E-state index contributed by atoms with van der Waals surface area (Å²) in [4.78, 5) is 26.1. The third-order valence-corrected chi connectivity index (χ3v) is 3.43. The molecule has 19 heavy (non-hydrogen) atoms. The second-order valence-corrected chi connectivity index (χ2v) is 5.45. The van der Waals surface area contributed by atoms with Crippen molar-refractivity contribution in [2.75, 3.05) is 25.2 Å². The van der Waals surface area contributed by atoms with Gasteiger partial charge >= 0.3 is 0 Å². The lowest BCUT2D eigenvalue weighted by atomic mass is 10.2. The van der Waals surface area contributed by atoms with Crippen LogP contribution in [0.4, 0.5) is 5.69 Å². The van der Waals surface area contributed by atoms with Gasteiger partial charge in [-0.05, 0) is 18.4 Å². The second kappa shape index (κ2) is 7.19.